The van der Waals surface area contributed by atoms with Crippen molar-refractivity contribution in [3.8, 4) is 11.5 Å². The zero-order valence-corrected chi connectivity index (χ0v) is 11.9. The van der Waals surface area contributed by atoms with Gasteiger partial charge in [0, 0.05) is 11.1 Å². The minimum Gasteiger partial charge on any atom is -0.508 e. The van der Waals surface area contributed by atoms with Crippen LogP contribution in [0.25, 0.3) is 0 Å². The number of carbonyl (C=O) groups excluding carboxylic acids is 1. The molecule has 0 saturated carbocycles. The molecule has 2 rings (SSSR count). The zero-order chi connectivity index (χ0) is 14.5. The summed E-state index contributed by atoms with van der Waals surface area (Å²) < 4.78 is 5.72. The van der Waals surface area contributed by atoms with E-state index >= 15 is 0 Å². The quantitative estimate of drug-likeness (QED) is 0.671. The van der Waals surface area contributed by atoms with Crippen LogP contribution in [0.15, 0.2) is 42.5 Å². The van der Waals surface area contributed by atoms with Crippen molar-refractivity contribution < 1.29 is 14.6 Å². The Kier molecular flexibility index (Phi) is 4.64. The molecule has 0 atom stereocenters. The second-order valence-corrected chi connectivity index (χ2v) is 4.67. The highest BCUT2D eigenvalue weighted by Gasteiger charge is 2.13. The highest BCUT2D eigenvalue weighted by Crippen LogP contribution is 2.28. The Morgan fingerprint density at radius 2 is 1.85 bits per heavy atom. The van der Waals surface area contributed by atoms with E-state index in [9.17, 15) is 9.90 Å². The van der Waals surface area contributed by atoms with E-state index in [0.717, 1.165) is 5.56 Å². The molecule has 4 heteroatoms. The molecule has 0 aromatic heterocycles. The summed E-state index contributed by atoms with van der Waals surface area (Å²) in [7, 11) is 0. The lowest BCUT2D eigenvalue weighted by molar-refractivity contribution is 0.101. The number of para-hydroxylation sites is 2. The number of ketones is 1. The summed E-state index contributed by atoms with van der Waals surface area (Å²) in [4.78, 5) is 11.6. The standard InChI is InChI=1S/C16H15ClO3/c1-11(18)14-7-4-6-12(9-17)16(14)20-10-13-5-2-3-8-15(13)19/h2-8,19H,9-10H2,1H3. The number of hydrogen-bond acceptors (Lipinski definition) is 3. The van der Waals surface area contributed by atoms with Crippen molar-refractivity contribution in [2.45, 2.75) is 19.4 Å². The second kappa shape index (κ2) is 6.44. The van der Waals surface area contributed by atoms with Crippen LogP contribution in [-0.2, 0) is 12.5 Å². The first-order valence-corrected chi connectivity index (χ1v) is 6.75. The van der Waals surface area contributed by atoms with Gasteiger partial charge in [-0.2, -0.15) is 0 Å². The minimum absolute atomic E-state index is 0.0794. The van der Waals surface area contributed by atoms with Crippen molar-refractivity contribution in [2.24, 2.45) is 0 Å². The lowest BCUT2D eigenvalue weighted by atomic mass is 10.1. The molecular formula is C16H15ClO3. The predicted octanol–water partition coefficient (Wildman–Crippen LogP) is 3.91. The first-order chi connectivity index (χ1) is 9.63. The maximum atomic E-state index is 11.6. The maximum Gasteiger partial charge on any atom is 0.163 e. The molecule has 0 saturated heterocycles. The molecule has 104 valence electrons. The lowest BCUT2D eigenvalue weighted by Crippen LogP contribution is -2.04. The summed E-state index contributed by atoms with van der Waals surface area (Å²) in [6, 6.07) is 12.2. The van der Waals surface area contributed by atoms with Crippen molar-refractivity contribution >= 4 is 17.4 Å². The van der Waals surface area contributed by atoms with E-state index in [2.05, 4.69) is 0 Å². The fourth-order valence-corrected chi connectivity index (χ4v) is 2.13. The normalized spacial score (nSPS) is 10.3. The molecule has 3 nitrogen and oxygen atoms in total. The average molecular weight is 291 g/mol. The number of rotatable bonds is 5. The van der Waals surface area contributed by atoms with Crippen LogP contribution in [0.5, 0.6) is 11.5 Å². The van der Waals surface area contributed by atoms with Crippen molar-refractivity contribution in [1.29, 1.82) is 0 Å². The van der Waals surface area contributed by atoms with Crippen LogP contribution >= 0.6 is 11.6 Å². The molecule has 0 aliphatic carbocycles. The molecule has 20 heavy (non-hydrogen) atoms. The summed E-state index contributed by atoms with van der Waals surface area (Å²) in [5.41, 5.74) is 1.92. The Morgan fingerprint density at radius 3 is 2.50 bits per heavy atom. The fraction of sp³-hybridized carbons (Fsp3) is 0.188. The van der Waals surface area contributed by atoms with Crippen LogP contribution in [-0.4, -0.2) is 10.9 Å². The maximum absolute atomic E-state index is 11.6. The monoisotopic (exact) mass is 290 g/mol. The summed E-state index contributed by atoms with van der Waals surface area (Å²) in [6.45, 7) is 1.67. The van der Waals surface area contributed by atoms with Gasteiger partial charge in [-0.05, 0) is 19.1 Å². The Labute approximate surface area is 122 Å². The number of ether oxygens (including phenoxy) is 1. The van der Waals surface area contributed by atoms with Crippen molar-refractivity contribution in [2.75, 3.05) is 0 Å². The SMILES string of the molecule is CC(=O)c1cccc(CCl)c1OCc1ccccc1O. The molecule has 0 unspecified atom stereocenters. The van der Waals surface area contributed by atoms with Crippen LogP contribution in [0.1, 0.15) is 28.4 Å². The number of hydrogen-bond donors (Lipinski definition) is 1. The van der Waals surface area contributed by atoms with Crippen LogP contribution in [0.2, 0.25) is 0 Å². The van der Waals surface area contributed by atoms with E-state index in [0.29, 0.717) is 16.9 Å². The van der Waals surface area contributed by atoms with Crippen molar-refractivity contribution in [3.05, 3.63) is 59.2 Å². The Morgan fingerprint density at radius 1 is 1.15 bits per heavy atom. The highest BCUT2D eigenvalue weighted by molar-refractivity contribution is 6.17. The largest absolute Gasteiger partial charge is 0.508 e. The molecule has 0 aliphatic rings. The van der Waals surface area contributed by atoms with Gasteiger partial charge in [0.15, 0.2) is 5.78 Å². The van der Waals surface area contributed by atoms with E-state index in [4.69, 9.17) is 16.3 Å². The minimum atomic E-state index is -0.0794. The Balaban J connectivity index is 2.29. The van der Waals surface area contributed by atoms with Gasteiger partial charge in [-0.1, -0.05) is 30.3 Å². The molecule has 0 amide bonds. The van der Waals surface area contributed by atoms with E-state index < -0.39 is 0 Å². The highest BCUT2D eigenvalue weighted by atomic mass is 35.5. The molecule has 1 N–H and O–H groups in total. The predicted molar refractivity (Wildman–Crippen MR) is 78.4 cm³/mol. The number of halogens is 1. The molecule has 0 fully saturated rings. The Bertz CT molecular complexity index is 623. The molecule has 0 heterocycles. The molecule has 0 bridgehead atoms. The van der Waals surface area contributed by atoms with Gasteiger partial charge in [-0.15, -0.1) is 11.6 Å². The molecule has 0 aliphatic heterocycles. The summed E-state index contributed by atoms with van der Waals surface area (Å²) in [5.74, 6) is 0.833. The van der Waals surface area contributed by atoms with Crippen LogP contribution in [0.3, 0.4) is 0 Å². The number of phenols is 1. The van der Waals surface area contributed by atoms with Crippen molar-refractivity contribution in [3.63, 3.8) is 0 Å². The second-order valence-electron chi connectivity index (χ2n) is 4.40. The van der Waals surface area contributed by atoms with Gasteiger partial charge >= 0.3 is 0 Å². The van der Waals surface area contributed by atoms with Gasteiger partial charge in [-0.3, -0.25) is 4.79 Å². The van der Waals surface area contributed by atoms with Gasteiger partial charge in [0.25, 0.3) is 0 Å². The number of carbonyl (C=O) groups is 1. The van der Waals surface area contributed by atoms with E-state index in [1.165, 1.54) is 6.92 Å². The zero-order valence-electron chi connectivity index (χ0n) is 11.1. The van der Waals surface area contributed by atoms with E-state index in [1.54, 1.807) is 30.3 Å². The number of phenolic OH excluding ortho intramolecular Hbond substituents is 1. The third kappa shape index (κ3) is 3.11. The van der Waals surface area contributed by atoms with Crippen LogP contribution in [0, 0.1) is 0 Å². The molecule has 0 radical (unpaired) electrons. The molecule has 2 aromatic carbocycles. The first kappa shape index (κ1) is 14.4. The van der Waals surface area contributed by atoms with Gasteiger partial charge in [0.05, 0.1) is 11.4 Å². The summed E-state index contributed by atoms with van der Waals surface area (Å²) in [6.07, 6.45) is 0. The van der Waals surface area contributed by atoms with Crippen LogP contribution in [0.4, 0.5) is 0 Å². The average Bonchev–Trinajstić information content (AvgIpc) is 2.46. The molecular weight excluding hydrogens is 276 g/mol. The topological polar surface area (TPSA) is 46.5 Å². The summed E-state index contributed by atoms with van der Waals surface area (Å²) >= 11 is 5.88. The van der Waals surface area contributed by atoms with Gasteiger partial charge < -0.3 is 9.84 Å². The smallest absolute Gasteiger partial charge is 0.163 e. The number of benzene rings is 2. The number of alkyl halides is 1. The third-order valence-corrected chi connectivity index (χ3v) is 3.27. The fourth-order valence-electron chi connectivity index (χ4n) is 1.92. The molecule has 0 spiro atoms. The van der Waals surface area contributed by atoms with E-state index in [1.807, 2.05) is 12.1 Å². The first-order valence-electron chi connectivity index (χ1n) is 6.22. The molecule has 2 aromatic rings. The Hall–Kier alpha value is -2.00. The van der Waals surface area contributed by atoms with Crippen LogP contribution < -0.4 is 4.74 Å². The van der Waals surface area contributed by atoms with Gasteiger partial charge in [-0.25, -0.2) is 0 Å². The van der Waals surface area contributed by atoms with Gasteiger partial charge in [0.2, 0.25) is 0 Å². The number of aromatic hydroxyl groups is 1. The van der Waals surface area contributed by atoms with Crippen molar-refractivity contribution in [1.82, 2.24) is 0 Å². The van der Waals surface area contributed by atoms with E-state index in [-0.39, 0.29) is 24.0 Å². The number of Topliss-reactive ketones (excluding diaryl/α,β-unsaturated/α-hetero) is 1. The third-order valence-electron chi connectivity index (χ3n) is 2.98. The lowest BCUT2D eigenvalue weighted by Gasteiger charge is -2.14. The summed E-state index contributed by atoms with van der Waals surface area (Å²) in [5, 5.41) is 9.72. The van der Waals surface area contributed by atoms with Gasteiger partial charge in [0.1, 0.15) is 18.1 Å².